The molecule has 0 unspecified atom stereocenters. The predicted octanol–water partition coefficient (Wildman–Crippen LogP) is 4.29. The number of thioether (sulfide) groups is 1. The monoisotopic (exact) mass is 357 g/mol. The van der Waals surface area contributed by atoms with Gasteiger partial charge < -0.3 is 4.74 Å². The summed E-state index contributed by atoms with van der Waals surface area (Å²) in [5.74, 6) is -0.974. The molecule has 0 atom stereocenters. The minimum atomic E-state index is -5.09. The van der Waals surface area contributed by atoms with Crippen molar-refractivity contribution < 1.29 is 35.9 Å². The van der Waals surface area contributed by atoms with Crippen molar-refractivity contribution in [2.24, 2.45) is 0 Å². The predicted molar refractivity (Wildman–Crippen MR) is 68.4 cm³/mol. The summed E-state index contributed by atoms with van der Waals surface area (Å²) >= 11 is -0.819. The van der Waals surface area contributed by atoms with E-state index in [1.807, 2.05) is 0 Å². The molecule has 0 heterocycles. The lowest BCUT2D eigenvalue weighted by atomic mass is 9.98. The van der Waals surface area contributed by atoms with Crippen LogP contribution in [0.3, 0.4) is 0 Å². The third-order valence-electron chi connectivity index (χ3n) is 2.51. The summed E-state index contributed by atoms with van der Waals surface area (Å²) in [6, 6.07) is 2.63. The molecule has 0 N–H and O–H groups in total. The van der Waals surface area contributed by atoms with Crippen LogP contribution in [-0.2, 0) is 22.1 Å². The van der Waals surface area contributed by atoms with Crippen LogP contribution >= 0.6 is 11.8 Å². The van der Waals surface area contributed by atoms with E-state index in [4.69, 9.17) is 5.26 Å². The highest BCUT2D eigenvalue weighted by atomic mass is 32.2. The van der Waals surface area contributed by atoms with E-state index in [1.54, 1.807) is 0 Å². The molecule has 0 aliphatic carbocycles. The molecule has 1 rings (SSSR count). The maximum Gasteiger partial charge on any atom is 0.446 e. The number of hydrogen-bond acceptors (Lipinski definition) is 4. The Kier molecular flexibility index (Phi) is 5.93. The van der Waals surface area contributed by atoms with Gasteiger partial charge in [0.1, 0.15) is 6.07 Å². The standard InChI is InChI=1S/C13H9F6NO2S/c1-2-22-10(21)5-7-3-4-9(23-13(17,18)19)8(6-20)11(7)12(14,15)16/h3-4H,2,5H2,1H3. The molecule has 0 saturated heterocycles. The van der Waals surface area contributed by atoms with E-state index in [-0.39, 0.29) is 6.61 Å². The number of alkyl halides is 6. The Hall–Kier alpha value is -1.89. The Morgan fingerprint density at radius 2 is 1.87 bits per heavy atom. The second-order valence-corrected chi connectivity index (χ2v) is 5.22. The minimum Gasteiger partial charge on any atom is -0.466 e. The molecule has 1 aromatic carbocycles. The summed E-state index contributed by atoms with van der Waals surface area (Å²) in [4.78, 5) is 10.5. The van der Waals surface area contributed by atoms with Gasteiger partial charge in [0, 0.05) is 4.90 Å². The molecule has 1 aromatic rings. The van der Waals surface area contributed by atoms with Crippen LogP contribution in [-0.4, -0.2) is 18.1 Å². The number of benzene rings is 1. The Balaban J connectivity index is 3.45. The van der Waals surface area contributed by atoms with Gasteiger partial charge >= 0.3 is 17.7 Å². The van der Waals surface area contributed by atoms with Gasteiger partial charge in [0.05, 0.1) is 24.2 Å². The lowest BCUT2D eigenvalue weighted by Crippen LogP contribution is -2.17. The first-order chi connectivity index (χ1) is 10.5. The number of esters is 1. The Labute approximate surface area is 131 Å². The van der Waals surface area contributed by atoms with Crippen molar-refractivity contribution in [3.8, 4) is 6.07 Å². The minimum absolute atomic E-state index is 0.0622. The van der Waals surface area contributed by atoms with Gasteiger partial charge in [-0.2, -0.15) is 31.6 Å². The first kappa shape index (κ1) is 19.2. The molecular formula is C13H9F6NO2S. The fourth-order valence-corrected chi connectivity index (χ4v) is 2.42. The highest BCUT2D eigenvalue weighted by Gasteiger charge is 2.40. The number of halogens is 6. The van der Waals surface area contributed by atoms with Crippen LogP contribution in [0.15, 0.2) is 17.0 Å². The molecular weight excluding hydrogens is 348 g/mol. The highest BCUT2D eigenvalue weighted by Crippen LogP contribution is 2.43. The average molecular weight is 357 g/mol. The van der Waals surface area contributed by atoms with Gasteiger partial charge in [0.25, 0.3) is 0 Å². The number of carbonyl (C=O) groups is 1. The summed E-state index contributed by atoms with van der Waals surface area (Å²) < 4.78 is 81.2. The Bertz CT molecular complexity index is 633. The van der Waals surface area contributed by atoms with Gasteiger partial charge in [0.2, 0.25) is 0 Å². The first-order valence-corrected chi connectivity index (χ1v) is 6.85. The number of rotatable bonds is 4. The molecule has 0 spiro atoms. The molecule has 0 bridgehead atoms. The van der Waals surface area contributed by atoms with Crippen LogP contribution < -0.4 is 0 Å². The van der Waals surface area contributed by atoms with Crippen LogP contribution in [0.5, 0.6) is 0 Å². The van der Waals surface area contributed by atoms with E-state index in [2.05, 4.69) is 4.74 Å². The molecule has 0 aromatic heterocycles. The zero-order valence-electron chi connectivity index (χ0n) is 11.5. The fourth-order valence-electron chi connectivity index (χ4n) is 1.79. The van der Waals surface area contributed by atoms with Gasteiger partial charge in [-0.1, -0.05) is 6.07 Å². The summed E-state index contributed by atoms with van der Waals surface area (Å²) in [6.45, 7) is 1.39. The number of ether oxygens (including phenoxy) is 1. The Morgan fingerprint density at radius 3 is 2.30 bits per heavy atom. The van der Waals surface area contributed by atoms with Crippen molar-refractivity contribution >= 4 is 17.7 Å². The molecule has 3 nitrogen and oxygen atoms in total. The van der Waals surface area contributed by atoms with Crippen molar-refractivity contribution in [2.45, 2.75) is 29.9 Å². The van der Waals surface area contributed by atoms with Gasteiger partial charge in [-0.25, -0.2) is 0 Å². The van der Waals surface area contributed by atoms with Crippen molar-refractivity contribution in [1.29, 1.82) is 5.26 Å². The number of nitrogens with zero attached hydrogens (tertiary/aromatic N) is 1. The van der Waals surface area contributed by atoms with Crippen molar-refractivity contribution in [3.05, 3.63) is 28.8 Å². The number of carbonyl (C=O) groups excluding carboxylic acids is 1. The average Bonchev–Trinajstić information content (AvgIpc) is 2.37. The number of nitriles is 1. The van der Waals surface area contributed by atoms with E-state index in [9.17, 15) is 31.1 Å². The van der Waals surface area contributed by atoms with Gasteiger partial charge in [-0.3, -0.25) is 4.79 Å². The van der Waals surface area contributed by atoms with Crippen molar-refractivity contribution in [1.82, 2.24) is 0 Å². The zero-order chi connectivity index (χ0) is 17.8. The second kappa shape index (κ2) is 7.12. The topological polar surface area (TPSA) is 50.1 Å². The molecule has 0 fully saturated rings. The van der Waals surface area contributed by atoms with E-state index in [0.717, 1.165) is 18.2 Å². The SMILES string of the molecule is CCOC(=O)Cc1ccc(SC(F)(F)F)c(C#N)c1C(F)(F)F. The normalized spacial score (nSPS) is 11.9. The van der Waals surface area contributed by atoms with Crippen LogP contribution in [0.25, 0.3) is 0 Å². The van der Waals surface area contributed by atoms with Crippen LogP contribution in [0.4, 0.5) is 26.3 Å². The van der Waals surface area contributed by atoms with E-state index < -0.39 is 57.4 Å². The summed E-state index contributed by atoms with van der Waals surface area (Å²) in [7, 11) is 0. The lowest BCUT2D eigenvalue weighted by molar-refractivity contribution is -0.143. The second-order valence-electron chi connectivity index (χ2n) is 4.11. The maximum atomic E-state index is 13.2. The zero-order valence-corrected chi connectivity index (χ0v) is 12.3. The molecule has 0 saturated carbocycles. The van der Waals surface area contributed by atoms with E-state index in [1.165, 1.54) is 6.92 Å². The third kappa shape index (κ3) is 5.35. The van der Waals surface area contributed by atoms with Gasteiger partial charge in [-0.15, -0.1) is 0 Å². The van der Waals surface area contributed by atoms with Crippen LogP contribution in [0.1, 0.15) is 23.6 Å². The smallest absolute Gasteiger partial charge is 0.446 e. The number of hydrogen-bond donors (Lipinski definition) is 0. The maximum absolute atomic E-state index is 13.2. The highest BCUT2D eigenvalue weighted by molar-refractivity contribution is 8.00. The summed E-state index contributed by atoms with van der Waals surface area (Å²) in [6.07, 6.45) is -5.89. The van der Waals surface area contributed by atoms with Crippen LogP contribution in [0, 0.1) is 11.3 Å². The van der Waals surface area contributed by atoms with Gasteiger partial charge in [-0.05, 0) is 30.3 Å². The third-order valence-corrected chi connectivity index (χ3v) is 3.31. The summed E-state index contributed by atoms with van der Waals surface area (Å²) in [5, 5.41) is 8.87. The molecule has 126 valence electrons. The lowest BCUT2D eigenvalue weighted by Gasteiger charge is -2.17. The molecule has 0 aliphatic rings. The summed E-state index contributed by atoms with van der Waals surface area (Å²) in [5.41, 5.74) is -8.18. The van der Waals surface area contributed by atoms with E-state index in [0.29, 0.717) is 0 Å². The molecule has 23 heavy (non-hydrogen) atoms. The fraction of sp³-hybridized carbons (Fsp3) is 0.385. The molecule has 0 radical (unpaired) electrons. The molecule has 10 heteroatoms. The largest absolute Gasteiger partial charge is 0.466 e. The molecule has 0 aliphatic heterocycles. The quantitative estimate of drug-likeness (QED) is 0.458. The van der Waals surface area contributed by atoms with Crippen LogP contribution in [0.2, 0.25) is 0 Å². The Morgan fingerprint density at radius 1 is 1.26 bits per heavy atom. The van der Waals surface area contributed by atoms with Gasteiger partial charge in [0.15, 0.2) is 0 Å². The first-order valence-electron chi connectivity index (χ1n) is 6.04. The van der Waals surface area contributed by atoms with E-state index >= 15 is 0 Å². The molecule has 0 amide bonds. The van der Waals surface area contributed by atoms with Crippen molar-refractivity contribution in [2.75, 3.05) is 6.61 Å². The van der Waals surface area contributed by atoms with Crippen molar-refractivity contribution in [3.63, 3.8) is 0 Å².